The molecule has 0 radical (unpaired) electrons. The van der Waals surface area contributed by atoms with Gasteiger partial charge in [0.25, 0.3) is 0 Å². The van der Waals surface area contributed by atoms with Crippen LogP contribution in [0, 0.1) is 5.92 Å². The zero-order chi connectivity index (χ0) is 20.9. The van der Waals surface area contributed by atoms with E-state index in [9.17, 15) is 9.59 Å². The first-order chi connectivity index (χ1) is 14.6. The number of ether oxygens (including phenoxy) is 2. The topological polar surface area (TPSA) is 87.8 Å². The first-order valence-corrected chi connectivity index (χ1v) is 10.5. The minimum atomic E-state index is -0.503. The highest BCUT2D eigenvalue weighted by atomic mass is 16.5. The van der Waals surface area contributed by atoms with Gasteiger partial charge in [-0.1, -0.05) is 6.07 Å². The summed E-state index contributed by atoms with van der Waals surface area (Å²) in [7, 11) is 1.63. The summed E-state index contributed by atoms with van der Waals surface area (Å²) in [4.78, 5) is 30.4. The van der Waals surface area contributed by atoms with Crippen LogP contribution in [0.2, 0.25) is 0 Å². The van der Waals surface area contributed by atoms with Gasteiger partial charge in [0.1, 0.15) is 17.0 Å². The number of anilines is 1. The van der Waals surface area contributed by atoms with Crippen molar-refractivity contribution in [3.63, 3.8) is 0 Å². The van der Waals surface area contributed by atoms with Gasteiger partial charge in [0.05, 0.1) is 19.9 Å². The van der Waals surface area contributed by atoms with Gasteiger partial charge in [-0.2, -0.15) is 5.10 Å². The minimum absolute atomic E-state index is 0.00735. The highest BCUT2D eigenvalue weighted by Gasteiger charge is 2.65. The number of esters is 1. The third kappa shape index (κ3) is 2.59. The van der Waals surface area contributed by atoms with E-state index in [1.807, 2.05) is 29.2 Å². The van der Waals surface area contributed by atoms with Gasteiger partial charge in [-0.05, 0) is 44.9 Å². The summed E-state index contributed by atoms with van der Waals surface area (Å²) in [6, 6.07) is 7.67. The van der Waals surface area contributed by atoms with E-state index < -0.39 is 5.54 Å². The number of aromatic amines is 1. The van der Waals surface area contributed by atoms with Crippen molar-refractivity contribution in [1.29, 1.82) is 0 Å². The van der Waals surface area contributed by atoms with Gasteiger partial charge in [-0.3, -0.25) is 14.8 Å². The monoisotopic (exact) mass is 410 g/mol. The first kappa shape index (κ1) is 19.1. The van der Waals surface area contributed by atoms with Gasteiger partial charge in [0, 0.05) is 35.8 Å². The van der Waals surface area contributed by atoms with Gasteiger partial charge >= 0.3 is 5.97 Å². The fraction of sp³-hybridized carbons (Fsp3) is 0.500. The molecule has 0 bridgehead atoms. The molecule has 5 rings (SSSR count). The molecule has 4 heterocycles. The predicted octanol–water partition coefficient (Wildman–Crippen LogP) is 2.54. The summed E-state index contributed by atoms with van der Waals surface area (Å²) in [6.45, 7) is 3.61. The quantitative estimate of drug-likeness (QED) is 0.763. The molecule has 0 aliphatic carbocycles. The lowest BCUT2D eigenvalue weighted by Crippen LogP contribution is -2.49. The van der Waals surface area contributed by atoms with E-state index in [0.717, 1.165) is 42.8 Å². The number of aromatic nitrogens is 2. The van der Waals surface area contributed by atoms with Crippen LogP contribution >= 0.6 is 0 Å². The lowest BCUT2D eigenvalue weighted by atomic mass is 9.85. The molecular weight excluding hydrogens is 384 g/mol. The Hall–Kier alpha value is -2.87. The van der Waals surface area contributed by atoms with Crippen molar-refractivity contribution in [1.82, 2.24) is 15.1 Å². The fourth-order valence-corrected chi connectivity index (χ4v) is 5.70. The van der Waals surface area contributed by atoms with Crippen LogP contribution in [0.3, 0.4) is 0 Å². The number of nitrogens with zero attached hydrogens (tertiary/aromatic N) is 3. The number of benzene rings is 1. The van der Waals surface area contributed by atoms with Crippen molar-refractivity contribution in [3.8, 4) is 5.75 Å². The molecule has 3 atom stereocenters. The third-order valence-corrected chi connectivity index (χ3v) is 6.92. The van der Waals surface area contributed by atoms with Crippen molar-refractivity contribution < 1.29 is 19.1 Å². The Kier molecular flexibility index (Phi) is 4.54. The van der Waals surface area contributed by atoms with Crippen molar-refractivity contribution >= 4 is 17.6 Å². The molecule has 1 amide bonds. The Morgan fingerprint density at radius 3 is 3.07 bits per heavy atom. The Balaban J connectivity index is 1.47. The average molecular weight is 410 g/mol. The molecule has 3 aliphatic heterocycles. The predicted molar refractivity (Wildman–Crippen MR) is 109 cm³/mol. The van der Waals surface area contributed by atoms with Crippen LogP contribution in [0.4, 0.5) is 5.69 Å². The minimum Gasteiger partial charge on any atom is -0.497 e. The van der Waals surface area contributed by atoms with Crippen molar-refractivity contribution in [2.24, 2.45) is 5.92 Å². The number of rotatable bonds is 5. The number of H-pyrrole nitrogens is 1. The maximum atomic E-state index is 13.8. The van der Waals surface area contributed by atoms with Gasteiger partial charge in [-0.15, -0.1) is 0 Å². The van der Waals surface area contributed by atoms with Gasteiger partial charge in [-0.25, -0.2) is 4.79 Å². The number of nitrogens with one attached hydrogen (secondary N) is 1. The van der Waals surface area contributed by atoms with Crippen LogP contribution in [0.25, 0.3) is 0 Å². The molecule has 3 saturated heterocycles. The SMILES string of the molecule is CCOC(=O)c1[nH]ncc1[C@@H]1C[C@H]2CN(c3cccc(OC)c3)C(=O)[C@]23CCCN13. The third-order valence-electron chi connectivity index (χ3n) is 6.92. The van der Waals surface area contributed by atoms with Crippen LogP contribution in [0.15, 0.2) is 30.5 Å². The van der Waals surface area contributed by atoms with Crippen LogP contribution in [-0.2, 0) is 9.53 Å². The molecule has 8 nitrogen and oxygen atoms in total. The lowest BCUT2D eigenvalue weighted by molar-refractivity contribution is -0.126. The van der Waals surface area contributed by atoms with Crippen LogP contribution in [-0.4, -0.2) is 59.3 Å². The van der Waals surface area contributed by atoms with Crippen molar-refractivity contribution in [2.45, 2.75) is 37.8 Å². The number of amides is 1. The first-order valence-electron chi connectivity index (χ1n) is 10.5. The number of carbonyl (C=O) groups is 2. The summed E-state index contributed by atoms with van der Waals surface area (Å²) in [5, 5.41) is 6.92. The zero-order valence-corrected chi connectivity index (χ0v) is 17.3. The molecule has 1 aromatic carbocycles. The van der Waals surface area contributed by atoms with E-state index in [1.165, 1.54) is 0 Å². The molecule has 1 spiro atoms. The Morgan fingerprint density at radius 2 is 2.27 bits per heavy atom. The normalized spacial score (nSPS) is 27.9. The zero-order valence-electron chi connectivity index (χ0n) is 17.3. The summed E-state index contributed by atoms with van der Waals surface area (Å²) in [5.41, 5.74) is 1.62. The average Bonchev–Trinajstić information content (AvgIpc) is 3.50. The number of carbonyl (C=O) groups excluding carboxylic acids is 2. The van der Waals surface area contributed by atoms with Crippen LogP contribution < -0.4 is 9.64 Å². The van der Waals surface area contributed by atoms with Crippen molar-refractivity contribution in [2.75, 3.05) is 31.7 Å². The molecule has 30 heavy (non-hydrogen) atoms. The second kappa shape index (κ2) is 7.12. The molecule has 158 valence electrons. The molecule has 3 fully saturated rings. The smallest absolute Gasteiger partial charge is 0.356 e. The molecule has 1 N–H and O–H groups in total. The Labute approximate surface area is 175 Å². The number of hydrogen-bond acceptors (Lipinski definition) is 6. The molecule has 3 aliphatic rings. The molecule has 8 heteroatoms. The molecule has 0 saturated carbocycles. The second-order valence-electron chi connectivity index (χ2n) is 8.21. The summed E-state index contributed by atoms with van der Waals surface area (Å²) >= 11 is 0. The second-order valence-corrected chi connectivity index (χ2v) is 8.21. The Morgan fingerprint density at radius 1 is 1.40 bits per heavy atom. The molecular formula is C22H26N4O4. The Bertz CT molecular complexity index is 989. The summed E-state index contributed by atoms with van der Waals surface area (Å²) in [5.74, 6) is 0.712. The van der Waals surface area contributed by atoms with E-state index in [1.54, 1.807) is 20.2 Å². The highest BCUT2D eigenvalue weighted by molar-refractivity contribution is 6.04. The lowest BCUT2D eigenvalue weighted by Gasteiger charge is -2.33. The summed E-state index contributed by atoms with van der Waals surface area (Å²) < 4.78 is 10.5. The van der Waals surface area contributed by atoms with Gasteiger partial charge in [0.2, 0.25) is 5.91 Å². The molecule has 2 aromatic rings. The van der Waals surface area contributed by atoms with E-state index >= 15 is 0 Å². The molecule has 0 unspecified atom stereocenters. The largest absolute Gasteiger partial charge is 0.497 e. The van der Waals surface area contributed by atoms with Crippen molar-refractivity contribution in [3.05, 3.63) is 41.7 Å². The fourth-order valence-electron chi connectivity index (χ4n) is 5.70. The summed E-state index contributed by atoms with van der Waals surface area (Å²) in [6.07, 6.45) is 4.35. The van der Waals surface area contributed by atoms with Crippen LogP contribution in [0.5, 0.6) is 5.75 Å². The van der Waals surface area contributed by atoms with E-state index in [-0.39, 0.29) is 23.8 Å². The standard InChI is InChI=1S/C22H26N4O4/c1-3-30-20(27)19-17(12-23-24-19)18-10-14-13-25(15-6-4-7-16(11-15)29-2)21(28)22(14)8-5-9-26(18)22/h4,6-7,11-12,14,18H,3,5,8-10,13H2,1-2H3,(H,23,24)/t14-,18-,22-/m0/s1. The van der Waals surface area contributed by atoms with E-state index in [0.29, 0.717) is 18.8 Å². The van der Waals surface area contributed by atoms with Crippen LogP contribution in [0.1, 0.15) is 48.3 Å². The maximum Gasteiger partial charge on any atom is 0.356 e. The number of hydrogen-bond donors (Lipinski definition) is 1. The highest BCUT2D eigenvalue weighted by Crippen LogP contribution is 2.56. The van der Waals surface area contributed by atoms with E-state index in [2.05, 4.69) is 15.1 Å². The number of methoxy groups -OCH3 is 1. The molecule has 1 aromatic heterocycles. The van der Waals surface area contributed by atoms with E-state index in [4.69, 9.17) is 9.47 Å². The van der Waals surface area contributed by atoms with Gasteiger partial charge in [0.15, 0.2) is 0 Å². The maximum absolute atomic E-state index is 13.8. The van der Waals surface area contributed by atoms with Gasteiger partial charge < -0.3 is 14.4 Å².